The summed E-state index contributed by atoms with van der Waals surface area (Å²) in [6, 6.07) is 5.03. The Labute approximate surface area is 120 Å². The lowest BCUT2D eigenvalue weighted by Gasteiger charge is -2.31. The second-order valence-electron chi connectivity index (χ2n) is 4.80. The van der Waals surface area contributed by atoms with Crippen LogP contribution in [0.5, 0.6) is 0 Å². The van der Waals surface area contributed by atoms with Crippen LogP contribution >= 0.6 is 0 Å². The maximum atomic E-state index is 11.7. The Balaban J connectivity index is 2.05. The van der Waals surface area contributed by atoms with Crippen LogP contribution in [0.4, 0.5) is 6.01 Å². The van der Waals surface area contributed by atoms with E-state index in [1.807, 2.05) is 0 Å². The molecule has 1 aromatic heterocycles. The maximum Gasteiger partial charge on any atom is 0.340 e. The van der Waals surface area contributed by atoms with Crippen molar-refractivity contribution in [2.75, 3.05) is 25.1 Å². The number of rotatable bonds is 2. The van der Waals surface area contributed by atoms with Crippen molar-refractivity contribution in [3.05, 3.63) is 23.8 Å². The number of methoxy groups -OCH3 is 1. The van der Waals surface area contributed by atoms with E-state index in [0.29, 0.717) is 35.8 Å². The van der Waals surface area contributed by atoms with E-state index >= 15 is 0 Å². The number of hydrogen-bond acceptors (Lipinski definition) is 6. The predicted molar refractivity (Wildman–Crippen MR) is 75.2 cm³/mol. The maximum absolute atomic E-state index is 11.7. The van der Waals surface area contributed by atoms with E-state index in [4.69, 9.17) is 9.15 Å². The average molecular weight is 289 g/mol. The van der Waals surface area contributed by atoms with Gasteiger partial charge in [-0.15, -0.1) is 0 Å². The molecule has 0 radical (unpaired) electrons. The summed E-state index contributed by atoms with van der Waals surface area (Å²) in [6.07, 6.45) is 0. The Bertz CT molecular complexity index is 709. The molecule has 1 fully saturated rings. The highest BCUT2D eigenvalue weighted by Gasteiger charge is 2.29. The Hall–Kier alpha value is -2.57. The third-order valence-corrected chi connectivity index (χ3v) is 3.56. The van der Waals surface area contributed by atoms with Gasteiger partial charge in [-0.25, -0.2) is 4.79 Å². The van der Waals surface area contributed by atoms with Gasteiger partial charge in [0.05, 0.1) is 12.7 Å². The number of benzene rings is 1. The summed E-state index contributed by atoms with van der Waals surface area (Å²) in [4.78, 5) is 29.6. The summed E-state index contributed by atoms with van der Waals surface area (Å²) in [6.45, 7) is 2.92. The van der Waals surface area contributed by atoms with Gasteiger partial charge < -0.3 is 19.4 Å². The quantitative estimate of drug-likeness (QED) is 0.828. The van der Waals surface area contributed by atoms with Crippen LogP contribution in [0.25, 0.3) is 11.1 Å². The number of nitrogens with one attached hydrogen (secondary N) is 1. The molecule has 0 saturated carbocycles. The van der Waals surface area contributed by atoms with Crippen LogP contribution in [0.1, 0.15) is 17.3 Å². The highest BCUT2D eigenvalue weighted by atomic mass is 16.5. The third-order valence-electron chi connectivity index (χ3n) is 3.56. The number of para-hydroxylation sites is 1. The topological polar surface area (TPSA) is 84.7 Å². The molecule has 1 N–H and O–H groups in total. The SMILES string of the molecule is COC(=O)c1cccc2oc(N3CCNC(=O)[C@@H]3C)nc12. The minimum Gasteiger partial charge on any atom is -0.465 e. The van der Waals surface area contributed by atoms with Gasteiger partial charge in [-0.05, 0) is 19.1 Å². The number of anilines is 1. The van der Waals surface area contributed by atoms with Crippen molar-refractivity contribution in [1.29, 1.82) is 0 Å². The molecule has 1 aliphatic heterocycles. The predicted octanol–water partition coefficient (Wildman–Crippen LogP) is 0.939. The molecule has 0 bridgehead atoms. The van der Waals surface area contributed by atoms with E-state index in [9.17, 15) is 9.59 Å². The van der Waals surface area contributed by atoms with Gasteiger partial charge in [0, 0.05) is 13.1 Å². The van der Waals surface area contributed by atoms with Crippen molar-refractivity contribution in [3.8, 4) is 0 Å². The molecule has 0 spiro atoms. The number of carbonyl (C=O) groups is 2. The summed E-state index contributed by atoms with van der Waals surface area (Å²) in [5.41, 5.74) is 1.28. The first kappa shape index (κ1) is 13.4. The van der Waals surface area contributed by atoms with Gasteiger partial charge in [-0.1, -0.05) is 6.07 Å². The van der Waals surface area contributed by atoms with Crippen LogP contribution in [0, 0.1) is 0 Å². The van der Waals surface area contributed by atoms with Crippen LogP contribution in [0.2, 0.25) is 0 Å². The molecule has 1 amide bonds. The number of fused-ring (bicyclic) bond motifs is 1. The molecule has 21 heavy (non-hydrogen) atoms. The second-order valence-corrected chi connectivity index (χ2v) is 4.80. The molecule has 0 unspecified atom stereocenters. The van der Waals surface area contributed by atoms with Gasteiger partial charge in [0.1, 0.15) is 11.6 Å². The van der Waals surface area contributed by atoms with E-state index in [1.165, 1.54) is 7.11 Å². The first-order valence-electron chi connectivity index (χ1n) is 6.64. The standard InChI is InChI=1S/C14H15N3O4/c1-8-12(18)15-6-7-17(8)14-16-11-9(13(19)20-2)4-3-5-10(11)21-14/h3-5,8H,6-7H2,1-2H3,(H,15,18)/t8-/m0/s1. The molecule has 2 aromatic rings. The fourth-order valence-corrected chi connectivity index (χ4v) is 2.38. The molecule has 0 aliphatic carbocycles. The van der Waals surface area contributed by atoms with E-state index < -0.39 is 5.97 Å². The van der Waals surface area contributed by atoms with Gasteiger partial charge in [0.15, 0.2) is 5.58 Å². The minimum atomic E-state index is -0.468. The second kappa shape index (κ2) is 5.08. The number of piperazine rings is 1. The van der Waals surface area contributed by atoms with E-state index in [-0.39, 0.29) is 11.9 Å². The summed E-state index contributed by atoms with van der Waals surface area (Å²) in [5, 5.41) is 2.78. The smallest absolute Gasteiger partial charge is 0.340 e. The zero-order chi connectivity index (χ0) is 15.0. The van der Waals surface area contributed by atoms with Gasteiger partial charge in [0.2, 0.25) is 5.91 Å². The number of ether oxygens (including phenoxy) is 1. The number of nitrogens with zero attached hydrogens (tertiary/aromatic N) is 2. The van der Waals surface area contributed by atoms with Gasteiger partial charge in [0.25, 0.3) is 6.01 Å². The van der Waals surface area contributed by atoms with E-state index in [2.05, 4.69) is 10.3 Å². The highest BCUT2D eigenvalue weighted by molar-refractivity contribution is 6.01. The summed E-state index contributed by atoms with van der Waals surface area (Å²) in [5.74, 6) is -0.540. The lowest BCUT2D eigenvalue weighted by molar-refractivity contribution is -0.123. The fourth-order valence-electron chi connectivity index (χ4n) is 2.38. The van der Waals surface area contributed by atoms with Crippen molar-refractivity contribution in [2.24, 2.45) is 0 Å². The van der Waals surface area contributed by atoms with Crippen molar-refractivity contribution in [1.82, 2.24) is 10.3 Å². The fraction of sp³-hybridized carbons (Fsp3) is 0.357. The molecule has 1 atom stereocenters. The Kier molecular flexibility index (Phi) is 3.25. The molecule has 1 aromatic carbocycles. The first-order valence-corrected chi connectivity index (χ1v) is 6.64. The molecule has 1 saturated heterocycles. The Morgan fingerprint density at radius 2 is 2.33 bits per heavy atom. The molecule has 7 heteroatoms. The molecule has 3 rings (SSSR count). The van der Waals surface area contributed by atoms with Gasteiger partial charge >= 0.3 is 5.97 Å². The van der Waals surface area contributed by atoms with Crippen LogP contribution in [0.3, 0.4) is 0 Å². The Morgan fingerprint density at radius 3 is 3.10 bits per heavy atom. The number of aromatic nitrogens is 1. The van der Waals surface area contributed by atoms with E-state index in [1.54, 1.807) is 30.0 Å². The number of oxazole rings is 1. The monoisotopic (exact) mass is 289 g/mol. The van der Waals surface area contributed by atoms with Crippen molar-refractivity contribution < 1.29 is 18.7 Å². The molecule has 2 heterocycles. The highest BCUT2D eigenvalue weighted by Crippen LogP contribution is 2.26. The molecule has 1 aliphatic rings. The zero-order valence-electron chi connectivity index (χ0n) is 11.8. The molecule has 7 nitrogen and oxygen atoms in total. The van der Waals surface area contributed by atoms with Crippen LogP contribution < -0.4 is 10.2 Å². The lowest BCUT2D eigenvalue weighted by Crippen LogP contribution is -2.54. The first-order chi connectivity index (χ1) is 10.1. The largest absolute Gasteiger partial charge is 0.465 e. The van der Waals surface area contributed by atoms with Crippen molar-refractivity contribution >= 4 is 29.0 Å². The number of hydrogen-bond donors (Lipinski definition) is 1. The minimum absolute atomic E-state index is 0.0725. The third kappa shape index (κ3) is 2.20. The zero-order valence-corrected chi connectivity index (χ0v) is 11.8. The number of carbonyl (C=O) groups excluding carboxylic acids is 2. The molecule has 110 valence electrons. The van der Waals surface area contributed by atoms with Crippen molar-refractivity contribution in [2.45, 2.75) is 13.0 Å². The summed E-state index contributed by atoms with van der Waals surface area (Å²) in [7, 11) is 1.32. The van der Waals surface area contributed by atoms with Gasteiger partial charge in [-0.3, -0.25) is 4.79 Å². The molecular formula is C14H15N3O4. The van der Waals surface area contributed by atoms with Crippen LogP contribution in [-0.4, -0.2) is 43.1 Å². The van der Waals surface area contributed by atoms with Crippen LogP contribution in [-0.2, 0) is 9.53 Å². The van der Waals surface area contributed by atoms with Gasteiger partial charge in [-0.2, -0.15) is 4.98 Å². The van der Waals surface area contributed by atoms with Crippen molar-refractivity contribution in [3.63, 3.8) is 0 Å². The Morgan fingerprint density at radius 1 is 1.52 bits per heavy atom. The lowest BCUT2D eigenvalue weighted by atomic mass is 10.2. The normalized spacial score (nSPS) is 18.7. The summed E-state index contributed by atoms with van der Waals surface area (Å²) >= 11 is 0. The van der Waals surface area contributed by atoms with E-state index in [0.717, 1.165) is 0 Å². The number of esters is 1. The van der Waals surface area contributed by atoms with Crippen LogP contribution in [0.15, 0.2) is 22.6 Å². The average Bonchev–Trinajstić information content (AvgIpc) is 2.92. The molecular weight excluding hydrogens is 274 g/mol. The number of amides is 1. The summed E-state index contributed by atoms with van der Waals surface area (Å²) < 4.78 is 10.4.